The van der Waals surface area contributed by atoms with Gasteiger partial charge >= 0.3 is 0 Å². The van der Waals surface area contributed by atoms with E-state index < -0.39 is 25.8 Å². The molecule has 0 saturated carbocycles. The van der Waals surface area contributed by atoms with Crippen molar-refractivity contribution < 1.29 is 21.4 Å². The third-order valence-corrected chi connectivity index (χ3v) is 5.40. The maximum Gasteiger partial charge on any atom is 0.235 e. The highest BCUT2D eigenvalue weighted by Crippen LogP contribution is 2.09. The predicted molar refractivity (Wildman–Crippen MR) is 85.7 cm³/mol. The van der Waals surface area contributed by atoms with Gasteiger partial charge < -0.3 is 4.52 Å². The van der Waals surface area contributed by atoms with Crippen molar-refractivity contribution in [3.05, 3.63) is 47.7 Å². The number of aromatic nitrogens is 1. The average molecular weight is 359 g/mol. The fraction of sp³-hybridized carbons (Fsp3) is 0.308. The summed E-state index contributed by atoms with van der Waals surface area (Å²) >= 11 is 0. The van der Waals surface area contributed by atoms with Gasteiger partial charge in [-0.3, -0.25) is 4.72 Å². The largest absolute Gasteiger partial charge is 0.360 e. The van der Waals surface area contributed by atoms with E-state index in [2.05, 4.69) is 14.6 Å². The maximum atomic E-state index is 11.9. The van der Waals surface area contributed by atoms with E-state index in [0.29, 0.717) is 11.3 Å². The number of rotatable bonds is 8. The molecule has 2 aromatic rings. The van der Waals surface area contributed by atoms with Crippen molar-refractivity contribution in [1.82, 2.24) is 9.88 Å². The first kappa shape index (κ1) is 17.4. The van der Waals surface area contributed by atoms with Gasteiger partial charge in [-0.15, -0.1) is 0 Å². The molecule has 8 nitrogen and oxygen atoms in total. The second kappa shape index (κ2) is 7.11. The summed E-state index contributed by atoms with van der Waals surface area (Å²) in [6, 6.07) is 10.1. The molecule has 1 heterocycles. The Morgan fingerprint density at radius 3 is 2.39 bits per heavy atom. The number of benzene rings is 1. The summed E-state index contributed by atoms with van der Waals surface area (Å²) in [4.78, 5) is 0. The summed E-state index contributed by atoms with van der Waals surface area (Å²) in [7, 11) is -7.32. The van der Waals surface area contributed by atoms with Crippen LogP contribution in [0.25, 0.3) is 0 Å². The monoisotopic (exact) mass is 359 g/mol. The molecule has 126 valence electrons. The van der Waals surface area contributed by atoms with Crippen LogP contribution >= 0.6 is 0 Å². The van der Waals surface area contributed by atoms with Crippen LogP contribution in [0.1, 0.15) is 11.3 Å². The van der Waals surface area contributed by atoms with Crippen molar-refractivity contribution in [2.75, 3.05) is 17.0 Å². The first-order chi connectivity index (χ1) is 10.8. The van der Waals surface area contributed by atoms with Crippen LogP contribution in [0.4, 0.5) is 5.82 Å². The number of hydrogen-bond donors (Lipinski definition) is 2. The summed E-state index contributed by atoms with van der Waals surface area (Å²) in [6.45, 7) is 1.39. The smallest absolute Gasteiger partial charge is 0.235 e. The SMILES string of the molecule is Cc1cc(NS(=O)(=O)CCNS(=O)(=O)Cc2ccccc2)no1. The lowest BCUT2D eigenvalue weighted by molar-refractivity contribution is 0.400. The number of sulfonamides is 2. The maximum absolute atomic E-state index is 11.9. The molecule has 0 saturated heterocycles. The molecule has 0 radical (unpaired) electrons. The van der Waals surface area contributed by atoms with Crippen molar-refractivity contribution in [2.45, 2.75) is 12.7 Å². The third-order valence-electron chi connectivity index (χ3n) is 2.78. The van der Waals surface area contributed by atoms with E-state index in [1.54, 1.807) is 37.3 Å². The van der Waals surface area contributed by atoms with Crippen molar-refractivity contribution in [3.8, 4) is 0 Å². The lowest BCUT2D eigenvalue weighted by Crippen LogP contribution is -2.32. The van der Waals surface area contributed by atoms with Gasteiger partial charge in [0.25, 0.3) is 0 Å². The van der Waals surface area contributed by atoms with Gasteiger partial charge in [-0.25, -0.2) is 21.6 Å². The van der Waals surface area contributed by atoms with E-state index in [1.165, 1.54) is 6.07 Å². The van der Waals surface area contributed by atoms with Gasteiger partial charge in [0, 0.05) is 12.6 Å². The minimum absolute atomic E-state index is 0.0645. The zero-order valence-electron chi connectivity index (χ0n) is 12.4. The summed E-state index contributed by atoms with van der Waals surface area (Å²) in [5.41, 5.74) is 0.624. The standard InChI is InChI=1S/C13H17N3O5S2/c1-11-9-13(15-21-11)16-22(17,18)8-7-14-23(19,20)10-12-5-3-2-4-6-12/h2-6,9,14H,7-8,10H2,1H3,(H,15,16). The molecular weight excluding hydrogens is 342 g/mol. The van der Waals surface area contributed by atoms with Crippen LogP contribution in [-0.4, -0.2) is 34.3 Å². The van der Waals surface area contributed by atoms with E-state index in [-0.39, 0.29) is 18.1 Å². The van der Waals surface area contributed by atoms with Crippen LogP contribution in [0.15, 0.2) is 40.9 Å². The van der Waals surface area contributed by atoms with Gasteiger partial charge in [-0.1, -0.05) is 35.5 Å². The minimum atomic E-state index is -3.72. The number of nitrogens with one attached hydrogen (secondary N) is 2. The number of nitrogens with zero attached hydrogens (tertiary/aromatic N) is 1. The van der Waals surface area contributed by atoms with Gasteiger partial charge in [0.2, 0.25) is 20.0 Å². The molecule has 23 heavy (non-hydrogen) atoms. The Hall–Kier alpha value is -1.91. The van der Waals surface area contributed by atoms with E-state index in [9.17, 15) is 16.8 Å². The van der Waals surface area contributed by atoms with E-state index in [1.807, 2.05) is 0 Å². The van der Waals surface area contributed by atoms with E-state index >= 15 is 0 Å². The van der Waals surface area contributed by atoms with Crippen LogP contribution in [-0.2, 0) is 25.8 Å². The molecule has 10 heteroatoms. The van der Waals surface area contributed by atoms with Gasteiger partial charge in [0.1, 0.15) is 5.76 Å². The Morgan fingerprint density at radius 2 is 1.78 bits per heavy atom. The van der Waals surface area contributed by atoms with Crippen LogP contribution in [0.2, 0.25) is 0 Å². The van der Waals surface area contributed by atoms with Crippen LogP contribution in [0.3, 0.4) is 0 Å². The van der Waals surface area contributed by atoms with Crippen molar-refractivity contribution >= 4 is 25.9 Å². The molecule has 2 N–H and O–H groups in total. The van der Waals surface area contributed by atoms with Gasteiger partial charge in [-0.2, -0.15) is 0 Å². The number of aryl methyl sites for hydroxylation is 1. The molecule has 2 rings (SSSR count). The molecule has 1 aromatic carbocycles. The lowest BCUT2D eigenvalue weighted by Gasteiger charge is -2.08. The molecule has 1 aromatic heterocycles. The Bertz CT molecular complexity index is 845. The Labute approximate surface area is 135 Å². The van der Waals surface area contributed by atoms with Crippen LogP contribution in [0, 0.1) is 6.92 Å². The van der Waals surface area contributed by atoms with Crippen LogP contribution in [0.5, 0.6) is 0 Å². The van der Waals surface area contributed by atoms with Gasteiger partial charge in [-0.05, 0) is 12.5 Å². The first-order valence-electron chi connectivity index (χ1n) is 6.71. The topological polar surface area (TPSA) is 118 Å². The summed E-state index contributed by atoms with van der Waals surface area (Å²) in [5, 5.41) is 3.51. The lowest BCUT2D eigenvalue weighted by atomic mass is 10.2. The zero-order valence-corrected chi connectivity index (χ0v) is 14.0. The molecule has 0 fully saturated rings. The van der Waals surface area contributed by atoms with Crippen LogP contribution < -0.4 is 9.44 Å². The second-order valence-electron chi connectivity index (χ2n) is 4.88. The molecule has 0 aliphatic carbocycles. The number of hydrogen-bond acceptors (Lipinski definition) is 6. The minimum Gasteiger partial charge on any atom is -0.360 e. The molecule has 0 amide bonds. The Kier molecular flexibility index (Phi) is 5.39. The highest BCUT2D eigenvalue weighted by atomic mass is 32.2. The molecule has 0 unspecified atom stereocenters. The van der Waals surface area contributed by atoms with E-state index in [0.717, 1.165) is 0 Å². The predicted octanol–water partition coefficient (Wildman–Crippen LogP) is 0.844. The number of anilines is 1. The Balaban J connectivity index is 1.85. The van der Waals surface area contributed by atoms with Crippen molar-refractivity contribution in [3.63, 3.8) is 0 Å². The normalized spacial score (nSPS) is 12.2. The van der Waals surface area contributed by atoms with E-state index in [4.69, 9.17) is 4.52 Å². The molecule has 0 spiro atoms. The van der Waals surface area contributed by atoms with Gasteiger partial charge in [0.05, 0.1) is 11.5 Å². The molecular formula is C13H17N3O5S2. The quantitative estimate of drug-likeness (QED) is 0.721. The molecule has 0 bridgehead atoms. The van der Waals surface area contributed by atoms with Crippen molar-refractivity contribution in [1.29, 1.82) is 0 Å². The second-order valence-corrected chi connectivity index (χ2v) is 8.53. The fourth-order valence-corrected chi connectivity index (χ4v) is 3.96. The fourth-order valence-electron chi connectivity index (χ4n) is 1.80. The zero-order chi connectivity index (χ0) is 16.9. The molecule has 0 atom stereocenters. The summed E-state index contributed by atoms with van der Waals surface area (Å²) in [5.74, 6) is -0.0857. The first-order valence-corrected chi connectivity index (χ1v) is 10.0. The van der Waals surface area contributed by atoms with Crippen molar-refractivity contribution in [2.24, 2.45) is 0 Å². The summed E-state index contributed by atoms with van der Waals surface area (Å²) in [6.07, 6.45) is 0. The molecule has 0 aliphatic heterocycles. The van der Waals surface area contributed by atoms with Gasteiger partial charge in [0.15, 0.2) is 5.82 Å². The highest BCUT2D eigenvalue weighted by molar-refractivity contribution is 7.92. The average Bonchev–Trinajstić information content (AvgIpc) is 2.83. The third kappa shape index (κ3) is 6.00. The molecule has 0 aliphatic rings. The summed E-state index contributed by atoms with van der Waals surface area (Å²) < 4.78 is 56.7. The highest BCUT2D eigenvalue weighted by Gasteiger charge is 2.16. The Morgan fingerprint density at radius 1 is 1.09 bits per heavy atom.